The normalized spacial score (nSPS) is 19.5. The van der Waals surface area contributed by atoms with Crippen molar-refractivity contribution in [3.8, 4) is 0 Å². The van der Waals surface area contributed by atoms with Crippen LogP contribution in [0.15, 0.2) is 42.6 Å². The first-order valence-corrected chi connectivity index (χ1v) is 8.92. The van der Waals surface area contributed by atoms with Crippen LogP contribution in [0, 0.1) is 5.92 Å². The van der Waals surface area contributed by atoms with Gasteiger partial charge in [-0.05, 0) is 30.0 Å². The molecule has 1 fully saturated rings. The van der Waals surface area contributed by atoms with Crippen molar-refractivity contribution >= 4 is 11.7 Å². The lowest BCUT2D eigenvalue weighted by atomic mass is 9.99. The van der Waals surface area contributed by atoms with E-state index in [1.54, 1.807) is 0 Å². The minimum absolute atomic E-state index is 0.0121. The summed E-state index contributed by atoms with van der Waals surface area (Å²) in [5, 5.41) is 3.05. The highest BCUT2D eigenvalue weighted by molar-refractivity contribution is 5.79. The first kappa shape index (κ1) is 16.1. The molecule has 0 spiro atoms. The van der Waals surface area contributed by atoms with Crippen LogP contribution in [0.5, 0.6) is 0 Å². The van der Waals surface area contributed by atoms with Crippen molar-refractivity contribution in [1.29, 1.82) is 0 Å². The summed E-state index contributed by atoms with van der Waals surface area (Å²) in [7, 11) is 0. The van der Waals surface area contributed by atoms with Crippen molar-refractivity contribution in [2.45, 2.75) is 25.9 Å². The van der Waals surface area contributed by atoms with Gasteiger partial charge in [-0.1, -0.05) is 30.3 Å². The van der Waals surface area contributed by atoms with Gasteiger partial charge in [-0.25, -0.2) is 4.98 Å². The summed E-state index contributed by atoms with van der Waals surface area (Å²) in [4.78, 5) is 19.2. The molecule has 0 radical (unpaired) electrons. The maximum absolute atomic E-state index is 12.2. The third-order valence-corrected chi connectivity index (χ3v) is 5.05. The van der Waals surface area contributed by atoms with Crippen molar-refractivity contribution < 1.29 is 9.53 Å². The van der Waals surface area contributed by atoms with Crippen LogP contribution in [0.4, 0.5) is 5.82 Å². The number of ether oxygens (including phenoxy) is 1. The van der Waals surface area contributed by atoms with E-state index in [1.807, 2.05) is 18.3 Å². The SMILES string of the molecule is O=C(NCc1cccnc1N1CCc2ccccc2C1)[C@@H]1CCOC1. The topological polar surface area (TPSA) is 54.5 Å². The van der Waals surface area contributed by atoms with Gasteiger partial charge in [0.05, 0.1) is 12.5 Å². The average molecular weight is 337 g/mol. The third-order valence-electron chi connectivity index (χ3n) is 5.05. The molecule has 2 aromatic rings. The van der Waals surface area contributed by atoms with E-state index >= 15 is 0 Å². The fourth-order valence-corrected chi connectivity index (χ4v) is 3.60. The predicted molar refractivity (Wildman–Crippen MR) is 96.2 cm³/mol. The van der Waals surface area contributed by atoms with E-state index in [9.17, 15) is 4.79 Å². The Hall–Kier alpha value is -2.40. The second-order valence-corrected chi connectivity index (χ2v) is 6.70. The molecule has 1 amide bonds. The highest BCUT2D eigenvalue weighted by atomic mass is 16.5. The van der Waals surface area contributed by atoms with Crippen molar-refractivity contribution in [3.63, 3.8) is 0 Å². The molecule has 0 saturated carbocycles. The van der Waals surface area contributed by atoms with E-state index in [0.29, 0.717) is 19.8 Å². The van der Waals surface area contributed by atoms with Gasteiger partial charge in [-0.15, -0.1) is 0 Å². The number of anilines is 1. The number of nitrogens with one attached hydrogen (secondary N) is 1. The molecule has 5 nitrogen and oxygen atoms in total. The minimum atomic E-state index is -0.0121. The zero-order valence-electron chi connectivity index (χ0n) is 14.3. The fraction of sp³-hybridized carbons (Fsp3) is 0.400. The largest absolute Gasteiger partial charge is 0.381 e. The van der Waals surface area contributed by atoms with Gasteiger partial charge in [0.15, 0.2) is 0 Å². The Morgan fingerprint density at radius 3 is 2.96 bits per heavy atom. The minimum Gasteiger partial charge on any atom is -0.381 e. The molecule has 130 valence electrons. The number of carbonyl (C=O) groups is 1. The molecule has 2 aliphatic rings. The van der Waals surface area contributed by atoms with E-state index in [4.69, 9.17) is 4.74 Å². The fourth-order valence-electron chi connectivity index (χ4n) is 3.60. The smallest absolute Gasteiger partial charge is 0.225 e. The van der Waals surface area contributed by atoms with E-state index < -0.39 is 0 Å². The lowest BCUT2D eigenvalue weighted by Gasteiger charge is -2.31. The van der Waals surface area contributed by atoms with Gasteiger partial charge in [0.1, 0.15) is 5.82 Å². The second-order valence-electron chi connectivity index (χ2n) is 6.70. The Morgan fingerprint density at radius 1 is 1.24 bits per heavy atom. The number of hydrogen-bond donors (Lipinski definition) is 1. The first-order chi connectivity index (χ1) is 12.3. The van der Waals surface area contributed by atoms with Crippen molar-refractivity contribution in [2.24, 2.45) is 5.92 Å². The van der Waals surface area contributed by atoms with E-state index in [0.717, 1.165) is 37.3 Å². The van der Waals surface area contributed by atoms with Gasteiger partial charge in [-0.3, -0.25) is 4.79 Å². The molecule has 1 atom stereocenters. The molecular formula is C20H23N3O2. The molecule has 1 aromatic heterocycles. The maximum atomic E-state index is 12.2. The summed E-state index contributed by atoms with van der Waals surface area (Å²) in [6.45, 7) is 3.55. The zero-order chi connectivity index (χ0) is 17.1. The maximum Gasteiger partial charge on any atom is 0.225 e. The molecule has 1 saturated heterocycles. The van der Waals surface area contributed by atoms with E-state index in [2.05, 4.69) is 39.5 Å². The van der Waals surface area contributed by atoms with Gasteiger partial charge in [0, 0.05) is 38.0 Å². The number of pyridine rings is 1. The molecule has 1 aromatic carbocycles. The van der Waals surface area contributed by atoms with Gasteiger partial charge >= 0.3 is 0 Å². The van der Waals surface area contributed by atoms with Gasteiger partial charge in [0.2, 0.25) is 5.91 Å². The molecular weight excluding hydrogens is 314 g/mol. The number of amides is 1. The Balaban J connectivity index is 1.47. The highest BCUT2D eigenvalue weighted by Crippen LogP contribution is 2.25. The number of rotatable bonds is 4. The lowest BCUT2D eigenvalue weighted by Crippen LogP contribution is -2.34. The monoisotopic (exact) mass is 337 g/mol. The van der Waals surface area contributed by atoms with Crippen molar-refractivity contribution in [3.05, 3.63) is 59.3 Å². The first-order valence-electron chi connectivity index (χ1n) is 8.92. The van der Waals surface area contributed by atoms with Crippen LogP contribution in [0.3, 0.4) is 0 Å². The van der Waals surface area contributed by atoms with Crippen molar-refractivity contribution in [2.75, 3.05) is 24.7 Å². The number of benzene rings is 1. The van der Waals surface area contributed by atoms with Gasteiger partial charge < -0.3 is 15.0 Å². The molecule has 2 aliphatic heterocycles. The molecule has 0 bridgehead atoms. The average Bonchev–Trinajstić information content (AvgIpc) is 3.21. The summed E-state index contributed by atoms with van der Waals surface area (Å²) in [5.74, 6) is 1.04. The number of carbonyl (C=O) groups excluding carboxylic acids is 1. The Bertz CT molecular complexity index is 756. The highest BCUT2D eigenvalue weighted by Gasteiger charge is 2.24. The summed E-state index contributed by atoms with van der Waals surface area (Å²) in [5.41, 5.74) is 3.84. The van der Waals surface area contributed by atoms with Crippen LogP contribution < -0.4 is 10.2 Å². The van der Waals surface area contributed by atoms with Crippen LogP contribution in [0.1, 0.15) is 23.1 Å². The third kappa shape index (κ3) is 3.51. The number of nitrogens with zero attached hydrogens (tertiary/aromatic N) is 2. The number of aromatic nitrogens is 1. The molecule has 3 heterocycles. The molecule has 4 rings (SSSR count). The number of hydrogen-bond acceptors (Lipinski definition) is 4. The van der Waals surface area contributed by atoms with Gasteiger partial charge in [-0.2, -0.15) is 0 Å². The summed E-state index contributed by atoms with van der Waals surface area (Å²) < 4.78 is 5.30. The second kappa shape index (κ2) is 7.23. The van der Waals surface area contributed by atoms with Crippen LogP contribution in [-0.2, 0) is 29.0 Å². The molecule has 1 N–H and O–H groups in total. The predicted octanol–water partition coefficient (Wildman–Crippen LogP) is 2.30. The lowest BCUT2D eigenvalue weighted by molar-refractivity contribution is -0.125. The Morgan fingerprint density at radius 2 is 2.12 bits per heavy atom. The Kier molecular flexibility index (Phi) is 4.65. The van der Waals surface area contributed by atoms with Gasteiger partial charge in [0.25, 0.3) is 0 Å². The van der Waals surface area contributed by atoms with Crippen LogP contribution in [0.25, 0.3) is 0 Å². The van der Waals surface area contributed by atoms with E-state index in [-0.39, 0.29) is 11.8 Å². The molecule has 0 aliphatic carbocycles. The van der Waals surface area contributed by atoms with Crippen LogP contribution >= 0.6 is 0 Å². The summed E-state index contributed by atoms with van der Waals surface area (Å²) >= 11 is 0. The standard InChI is InChI=1S/C20H23N3O2/c24-20(18-8-11-25-14-18)22-12-16-6-3-9-21-19(16)23-10-7-15-4-1-2-5-17(15)13-23/h1-6,9,18H,7-8,10-14H2,(H,22,24)/t18-/m1/s1. The quantitative estimate of drug-likeness (QED) is 0.930. The molecule has 5 heteroatoms. The Labute approximate surface area is 148 Å². The van der Waals surface area contributed by atoms with E-state index in [1.165, 1.54) is 11.1 Å². The molecule has 25 heavy (non-hydrogen) atoms. The summed E-state index contributed by atoms with van der Waals surface area (Å²) in [6, 6.07) is 12.6. The van der Waals surface area contributed by atoms with Crippen LogP contribution in [0.2, 0.25) is 0 Å². The number of fused-ring (bicyclic) bond motifs is 1. The van der Waals surface area contributed by atoms with Crippen LogP contribution in [-0.4, -0.2) is 30.6 Å². The molecule has 0 unspecified atom stereocenters. The summed E-state index contributed by atoms with van der Waals surface area (Å²) in [6.07, 6.45) is 3.67. The van der Waals surface area contributed by atoms with Crippen molar-refractivity contribution in [1.82, 2.24) is 10.3 Å². The zero-order valence-corrected chi connectivity index (χ0v) is 14.3.